The van der Waals surface area contributed by atoms with E-state index in [9.17, 15) is 0 Å². The van der Waals surface area contributed by atoms with Gasteiger partial charge in [0.15, 0.2) is 0 Å². The molecular formula is C5Cl7NS. The number of hydrogen-bond acceptors (Lipinski definition) is 2. The summed E-state index contributed by atoms with van der Waals surface area (Å²) in [5.41, 5.74) is 0. The molecular weight excluding hydrogens is 354 g/mol. The molecule has 0 amide bonds. The fourth-order valence-electron chi connectivity index (χ4n) is 0.598. The van der Waals surface area contributed by atoms with E-state index in [1.807, 2.05) is 0 Å². The molecule has 0 atom stereocenters. The zero-order chi connectivity index (χ0) is 11.1. The van der Waals surface area contributed by atoms with E-state index in [-0.39, 0.29) is 15.0 Å². The lowest BCUT2D eigenvalue weighted by Crippen LogP contribution is -1.97. The summed E-state index contributed by atoms with van der Waals surface area (Å²) in [6.45, 7) is 0. The first kappa shape index (κ1) is 13.7. The SMILES string of the molecule is Clc1nc(C(Cl)(Cl)Cl)sc1C(Cl)(Cl)Cl. The summed E-state index contributed by atoms with van der Waals surface area (Å²) >= 11 is 40.2. The van der Waals surface area contributed by atoms with Gasteiger partial charge in [-0.25, -0.2) is 4.98 Å². The zero-order valence-corrected chi connectivity index (χ0v) is 12.1. The van der Waals surface area contributed by atoms with Gasteiger partial charge in [0.05, 0.1) is 4.88 Å². The van der Waals surface area contributed by atoms with E-state index in [1.165, 1.54) is 0 Å². The molecule has 9 heteroatoms. The van der Waals surface area contributed by atoms with Gasteiger partial charge >= 0.3 is 0 Å². The van der Waals surface area contributed by atoms with E-state index in [4.69, 9.17) is 81.2 Å². The highest BCUT2D eigenvalue weighted by molar-refractivity contribution is 7.15. The van der Waals surface area contributed by atoms with Crippen LogP contribution < -0.4 is 0 Å². The molecule has 0 aromatic carbocycles. The Bertz CT molecular complexity index is 335. The van der Waals surface area contributed by atoms with Gasteiger partial charge in [0.1, 0.15) is 10.2 Å². The molecule has 0 saturated carbocycles. The molecule has 0 spiro atoms. The van der Waals surface area contributed by atoms with Crippen LogP contribution in [0.3, 0.4) is 0 Å². The first-order valence-corrected chi connectivity index (χ1v) is 6.39. The van der Waals surface area contributed by atoms with E-state index in [2.05, 4.69) is 4.98 Å². The van der Waals surface area contributed by atoms with Crippen molar-refractivity contribution in [3.05, 3.63) is 15.0 Å². The molecule has 1 aromatic rings. The molecule has 0 fully saturated rings. The van der Waals surface area contributed by atoms with E-state index in [1.54, 1.807) is 0 Å². The topological polar surface area (TPSA) is 12.9 Å². The maximum Gasteiger partial charge on any atom is 0.242 e. The number of nitrogens with zero attached hydrogens (tertiary/aromatic N) is 1. The van der Waals surface area contributed by atoms with Crippen LogP contribution in [0.25, 0.3) is 0 Å². The summed E-state index contributed by atoms with van der Waals surface area (Å²) in [5.74, 6) is 0. The smallest absolute Gasteiger partial charge is 0.224 e. The molecule has 0 aliphatic carbocycles. The van der Waals surface area contributed by atoms with Crippen molar-refractivity contribution in [1.29, 1.82) is 0 Å². The standard InChI is InChI=1S/C5Cl7NS/c6-2-1(4(7,8)9)14-3(13-2)5(10,11)12. The lowest BCUT2D eigenvalue weighted by Gasteiger charge is -2.07. The van der Waals surface area contributed by atoms with Crippen molar-refractivity contribution in [3.8, 4) is 0 Å². The Morgan fingerprint density at radius 1 is 0.929 bits per heavy atom. The highest BCUT2D eigenvalue weighted by atomic mass is 35.6. The molecule has 0 aliphatic rings. The van der Waals surface area contributed by atoms with E-state index in [0.717, 1.165) is 11.3 Å². The Morgan fingerprint density at radius 2 is 1.43 bits per heavy atom. The molecule has 1 nitrogen and oxygen atoms in total. The first-order valence-electron chi connectivity index (χ1n) is 2.93. The predicted octanol–water partition coefficient (Wildman–Crippen LogP) is 5.45. The second-order valence-electron chi connectivity index (χ2n) is 2.13. The number of halogens is 7. The number of hydrogen-bond donors (Lipinski definition) is 0. The Balaban J connectivity index is 3.19. The van der Waals surface area contributed by atoms with Crippen molar-refractivity contribution in [2.24, 2.45) is 0 Å². The van der Waals surface area contributed by atoms with Gasteiger partial charge in [-0.05, 0) is 0 Å². The molecule has 0 aliphatic heterocycles. The number of rotatable bonds is 0. The summed E-state index contributed by atoms with van der Waals surface area (Å²) in [4.78, 5) is 4.01. The first-order chi connectivity index (χ1) is 6.12. The van der Waals surface area contributed by atoms with Crippen molar-refractivity contribution in [1.82, 2.24) is 4.98 Å². The van der Waals surface area contributed by atoms with Gasteiger partial charge in [-0.1, -0.05) is 81.2 Å². The van der Waals surface area contributed by atoms with Crippen molar-refractivity contribution >= 4 is 92.5 Å². The third-order valence-corrected chi connectivity index (χ3v) is 4.54. The molecule has 80 valence electrons. The molecule has 0 N–H and O–H groups in total. The van der Waals surface area contributed by atoms with Gasteiger partial charge in [-0.2, -0.15) is 0 Å². The van der Waals surface area contributed by atoms with Gasteiger partial charge in [-0.15, -0.1) is 11.3 Å². The average molecular weight is 354 g/mol. The largest absolute Gasteiger partial charge is 0.242 e. The maximum atomic E-state index is 5.71. The van der Waals surface area contributed by atoms with E-state index < -0.39 is 7.59 Å². The van der Waals surface area contributed by atoms with Crippen LogP contribution in [0.2, 0.25) is 5.15 Å². The number of thiazole rings is 1. The Labute approximate surface area is 119 Å². The monoisotopic (exact) mass is 351 g/mol. The van der Waals surface area contributed by atoms with Gasteiger partial charge < -0.3 is 0 Å². The van der Waals surface area contributed by atoms with E-state index >= 15 is 0 Å². The molecule has 14 heavy (non-hydrogen) atoms. The van der Waals surface area contributed by atoms with E-state index in [0.29, 0.717) is 0 Å². The summed E-state index contributed by atoms with van der Waals surface area (Å²) in [6.07, 6.45) is 0. The Hall–Kier alpha value is 1.66. The highest BCUT2D eigenvalue weighted by Gasteiger charge is 2.35. The zero-order valence-electron chi connectivity index (χ0n) is 6.00. The minimum Gasteiger partial charge on any atom is -0.224 e. The molecule has 0 radical (unpaired) electrons. The van der Waals surface area contributed by atoms with Crippen molar-refractivity contribution in [2.75, 3.05) is 0 Å². The molecule has 0 saturated heterocycles. The lowest BCUT2D eigenvalue weighted by atomic mass is 10.6. The fraction of sp³-hybridized carbons (Fsp3) is 0.400. The lowest BCUT2D eigenvalue weighted by molar-refractivity contribution is 1.15. The van der Waals surface area contributed by atoms with Gasteiger partial charge in [0.2, 0.25) is 7.59 Å². The summed E-state index contributed by atoms with van der Waals surface area (Å²) in [7, 11) is 0. The maximum absolute atomic E-state index is 5.71. The minimum absolute atomic E-state index is 0.0244. The van der Waals surface area contributed by atoms with Crippen LogP contribution in [0.4, 0.5) is 0 Å². The van der Waals surface area contributed by atoms with Crippen LogP contribution in [-0.2, 0) is 7.59 Å². The highest BCUT2D eigenvalue weighted by Crippen LogP contribution is 2.49. The second kappa shape index (κ2) is 4.50. The molecule has 0 bridgehead atoms. The molecule has 0 unspecified atom stereocenters. The summed E-state index contributed by atoms with van der Waals surface area (Å²) in [5, 5.41) is 0.185. The minimum atomic E-state index is -1.66. The third-order valence-electron chi connectivity index (χ3n) is 1.09. The van der Waals surface area contributed by atoms with Crippen molar-refractivity contribution in [3.63, 3.8) is 0 Å². The second-order valence-corrected chi connectivity index (χ2v) is 8.05. The van der Waals surface area contributed by atoms with Crippen LogP contribution in [0.5, 0.6) is 0 Å². The predicted molar refractivity (Wildman–Crippen MR) is 65.6 cm³/mol. The van der Waals surface area contributed by atoms with Crippen molar-refractivity contribution in [2.45, 2.75) is 7.59 Å². The van der Waals surface area contributed by atoms with Gasteiger partial charge in [0.25, 0.3) is 0 Å². The number of aromatic nitrogens is 1. The Kier molecular flexibility index (Phi) is 4.41. The van der Waals surface area contributed by atoms with Crippen LogP contribution in [0, 0.1) is 0 Å². The normalized spacial score (nSPS) is 13.4. The summed E-state index contributed by atoms with van der Waals surface area (Å²) < 4.78 is -3.33. The third kappa shape index (κ3) is 3.33. The average Bonchev–Trinajstić information content (AvgIpc) is 2.27. The number of alkyl halides is 6. The molecule has 1 heterocycles. The summed E-state index contributed by atoms with van der Waals surface area (Å²) in [6, 6.07) is 0. The Morgan fingerprint density at radius 3 is 1.64 bits per heavy atom. The molecule has 1 rings (SSSR count). The quantitative estimate of drug-likeness (QED) is 0.565. The van der Waals surface area contributed by atoms with Gasteiger partial charge in [-0.3, -0.25) is 0 Å². The van der Waals surface area contributed by atoms with Crippen molar-refractivity contribution < 1.29 is 0 Å². The van der Waals surface area contributed by atoms with Crippen LogP contribution >= 0.6 is 92.5 Å². The molecule has 1 aromatic heterocycles. The van der Waals surface area contributed by atoms with Crippen LogP contribution in [-0.4, -0.2) is 4.98 Å². The van der Waals surface area contributed by atoms with Crippen LogP contribution in [0.1, 0.15) is 9.88 Å². The fourth-order valence-corrected chi connectivity index (χ4v) is 2.92. The van der Waals surface area contributed by atoms with Crippen LogP contribution in [0.15, 0.2) is 0 Å². The van der Waals surface area contributed by atoms with Gasteiger partial charge in [0, 0.05) is 0 Å².